The van der Waals surface area contributed by atoms with E-state index in [0.29, 0.717) is 11.3 Å². The van der Waals surface area contributed by atoms with Gasteiger partial charge in [0.15, 0.2) is 0 Å². The van der Waals surface area contributed by atoms with Gasteiger partial charge in [-0.05, 0) is 40.2 Å². The van der Waals surface area contributed by atoms with Crippen molar-refractivity contribution in [3.8, 4) is 11.3 Å². The number of hydrogen-bond acceptors (Lipinski definition) is 3. The molecule has 5 nitrogen and oxygen atoms in total. The lowest BCUT2D eigenvalue weighted by Gasteiger charge is -2.07. The van der Waals surface area contributed by atoms with Gasteiger partial charge in [-0.1, -0.05) is 23.7 Å². The van der Waals surface area contributed by atoms with Crippen molar-refractivity contribution < 1.29 is 4.79 Å². The van der Waals surface area contributed by atoms with Gasteiger partial charge in [-0.2, -0.15) is 5.10 Å². The highest BCUT2D eigenvalue weighted by Crippen LogP contribution is 2.28. The second-order valence-corrected chi connectivity index (χ2v) is 6.09. The fraction of sp³-hybridized carbons (Fsp3) is 0.0625. The standard InChI is InChI=1S/C16H12BrClN4O/c1-22-9-13(17)14(21-22)10-4-2-5-11(8-10)20-16(23)12-6-3-7-19-15(12)18/h2-9H,1H3,(H,20,23). The van der Waals surface area contributed by atoms with Gasteiger partial charge < -0.3 is 5.32 Å². The van der Waals surface area contributed by atoms with E-state index in [9.17, 15) is 4.79 Å². The smallest absolute Gasteiger partial charge is 0.258 e. The van der Waals surface area contributed by atoms with E-state index < -0.39 is 0 Å². The summed E-state index contributed by atoms with van der Waals surface area (Å²) in [6.45, 7) is 0. The summed E-state index contributed by atoms with van der Waals surface area (Å²) in [5.74, 6) is -0.305. The number of nitrogens with one attached hydrogen (secondary N) is 1. The minimum absolute atomic E-state index is 0.175. The Kier molecular flexibility index (Phi) is 4.45. The largest absolute Gasteiger partial charge is 0.322 e. The number of hydrogen-bond donors (Lipinski definition) is 1. The fourth-order valence-electron chi connectivity index (χ4n) is 2.15. The van der Waals surface area contributed by atoms with Crippen molar-refractivity contribution in [3.63, 3.8) is 0 Å². The first-order valence-corrected chi connectivity index (χ1v) is 7.93. The molecular weight excluding hydrogens is 380 g/mol. The molecule has 0 radical (unpaired) electrons. The lowest BCUT2D eigenvalue weighted by molar-refractivity contribution is 0.102. The number of amides is 1. The maximum atomic E-state index is 12.3. The molecule has 1 amide bonds. The van der Waals surface area contributed by atoms with Gasteiger partial charge in [-0.15, -0.1) is 0 Å². The van der Waals surface area contributed by atoms with E-state index >= 15 is 0 Å². The Morgan fingerprint density at radius 3 is 2.83 bits per heavy atom. The highest BCUT2D eigenvalue weighted by molar-refractivity contribution is 9.10. The summed E-state index contributed by atoms with van der Waals surface area (Å²) in [4.78, 5) is 16.2. The monoisotopic (exact) mass is 390 g/mol. The van der Waals surface area contributed by atoms with Gasteiger partial charge in [0.2, 0.25) is 0 Å². The molecule has 7 heteroatoms. The number of aryl methyl sites for hydroxylation is 1. The number of carbonyl (C=O) groups is 1. The van der Waals surface area contributed by atoms with Crippen LogP contribution in [0.5, 0.6) is 0 Å². The van der Waals surface area contributed by atoms with Crippen molar-refractivity contribution in [3.05, 3.63) is 64.0 Å². The lowest BCUT2D eigenvalue weighted by atomic mass is 10.1. The molecule has 0 atom stereocenters. The van der Waals surface area contributed by atoms with Crippen molar-refractivity contribution >= 4 is 39.1 Å². The van der Waals surface area contributed by atoms with Crippen LogP contribution < -0.4 is 5.32 Å². The van der Waals surface area contributed by atoms with E-state index in [-0.39, 0.29) is 11.1 Å². The highest BCUT2D eigenvalue weighted by atomic mass is 79.9. The third-order valence-corrected chi connectivity index (χ3v) is 4.06. The molecule has 116 valence electrons. The van der Waals surface area contributed by atoms with Crippen LogP contribution in [0.1, 0.15) is 10.4 Å². The summed E-state index contributed by atoms with van der Waals surface area (Å²) in [6, 6.07) is 10.8. The number of nitrogens with zero attached hydrogens (tertiary/aromatic N) is 3. The van der Waals surface area contributed by atoms with Crippen molar-refractivity contribution in [1.29, 1.82) is 0 Å². The Labute approximate surface area is 146 Å². The first kappa shape index (κ1) is 15.7. The average Bonchev–Trinajstić information content (AvgIpc) is 2.86. The average molecular weight is 392 g/mol. The number of halogens is 2. The maximum Gasteiger partial charge on any atom is 0.258 e. The van der Waals surface area contributed by atoms with E-state index in [2.05, 4.69) is 31.3 Å². The Hall–Kier alpha value is -2.18. The van der Waals surface area contributed by atoms with Crippen LogP contribution in [0.25, 0.3) is 11.3 Å². The second kappa shape index (κ2) is 6.52. The number of carbonyl (C=O) groups excluding carboxylic acids is 1. The number of benzene rings is 1. The van der Waals surface area contributed by atoms with Crippen LogP contribution in [0.3, 0.4) is 0 Å². The molecule has 0 bridgehead atoms. The fourth-order valence-corrected chi connectivity index (χ4v) is 2.96. The van der Waals surface area contributed by atoms with E-state index in [1.165, 1.54) is 0 Å². The number of anilines is 1. The first-order chi connectivity index (χ1) is 11.0. The molecule has 1 N–H and O–H groups in total. The molecule has 3 aromatic rings. The molecule has 0 aliphatic heterocycles. The molecule has 0 fully saturated rings. The van der Waals surface area contributed by atoms with Gasteiger partial charge in [0.1, 0.15) is 10.8 Å². The molecule has 3 rings (SSSR count). The zero-order chi connectivity index (χ0) is 16.4. The topological polar surface area (TPSA) is 59.8 Å². The molecular formula is C16H12BrClN4O. The molecule has 0 saturated carbocycles. The first-order valence-electron chi connectivity index (χ1n) is 6.76. The predicted octanol–water partition coefficient (Wildman–Crippen LogP) is 4.15. The zero-order valence-corrected chi connectivity index (χ0v) is 14.5. The Bertz CT molecular complexity index is 878. The normalized spacial score (nSPS) is 10.6. The van der Waals surface area contributed by atoms with Crippen molar-refractivity contribution in [2.45, 2.75) is 0 Å². The third kappa shape index (κ3) is 3.43. The Morgan fingerprint density at radius 2 is 2.13 bits per heavy atom. The summed E-state index contributed by atoms with van der Waals surface area (Å²) < 4.78 is 2.61. The SMILES string of the molecule is Cn1cc(Br)c(-c2cccc(NC(=O)c3cccnc3Cl)c2)n1. The lowest BCUT2D eigenvalue weighted by Crippen LogP contribution is -2.12. The van der Waals surface area contributed by atoms with Crippen LogP contribution in [0.15, 0.2) is 53.3 Å². The van der Waals surface area contributed by atoms with Crippen molar-refractivity contribution in [1.82, 2.24) is 14.8 Å². The zero-order valence-electron chi connectivity index (χ0n) is 12.1. The molecule has 0 spiro atoms. The van der Waals surface area contributed by atoms with Gasteiger partial charge in [0.25, 0.3) is 5.91 Å². The Morgan fingerprint density at radius 1 is 1.30 bits per heavy atom. The number of pyridine rings is 1. The van der Waals surface area contributed by atoms with Gasteiger partial charge in [0.05, 0.1) is 10.0 Å². The van der Waals surface area contributed by atoms with E-state index in [1.54, 1.807) is 23.0 Å². The van der Waals surface area contributed by atoms with Gasteiger partial charge >= 0.3 is 0 Å². The number of rotatable bonds is 3. The quantitative estimate of drug-likeness (QED) is 0.682. The molecule has 0 aliphatic carbocycles. The molecule has 23 heavy (non-hydrogen) atoms. The molecule has 2 aromatic heterocycles. The maximum absolute atomic E-state index is 12.3. The van der Waals surface area contributed by atoms with E-state index in [1.807, 2.05) is 37.5 Å². The highest BCUT2D eigenvalue weighted by Gasteiger charge is 2.12. The third-order valence-electron chi connectivity index (χ3n) is 3.18. The Balaban J connectivity index is 1.87. The summed E-state index contributed by atoms with van der Waals surface area (Å²) in [7, 11) is 1.85. The van der Waals surface area contributed by atoms with Crippen LogP contribution in [-0.2, 0) is 7.05 Å². The molecule has 0 saturated heterocycles. The van der Waals surface area contributed by atoms with E-state index in [0.717, 1.165) is 15.7 Å². The van der Waals surface area contributed by atoms with Gasteiger partial charge in [-0.3, -0.25) is 9.48 Å². The van der Waals surface area contributed by atoms with E-state index in [4.69, 9.17) is 11.6 Å². The summed E-state index contributed by atoms with van der Waals surface area (Å²) >= 11 is 9.42. The minimum Gasteiger partial charge on any atom is -0.322 e. The van der Waals surface area contributed by atoms with Crippen molar-refractivity contribution in [2.24, 2.45) is 7.05 Å². The molecule has 0 unspecified atom stereocenters. The molecule has 1 aromatic carbocycles. The number of aromatic nitrogens is 3. The van der Waals surface area contributed by atoms with Crippen LogP contribution in [0, 0.1) is 0 Å². The second-order valence-electron chi connectivity index (χ2n) is 4.88. The minimum atomic E-state index is -0.305. The predicted molar refractivity (Wildman–Crippen MR) is 93.5 cm³/mol. The van der Waals surface area contributed by atoms with Crippen LogP contribution >= 0.6 is 27.5 Å². The summed E-state index contributed by atoms with van der Waals surface area (Å²) in [5, 5.41) is 7.40. The van der Waals surface area contributed by atoms with Crippen LogP contribution in [0.2, 0.25) is 5.15 Å². The summed E-state index contributed by atoms with van der Waals surface area (Å²) in [5.41, 5.74) is 2.69. The van der Waals surface area contributed by atoms with Gasteiger partial charge in [0, 0.05) is 30.7 Å². The van der Waals surface area contributed by atoms with Gasteiger partial charge in [-0.25, -0.2) is 4.98 Å². The van der Waals surface area contributed by atoms with Crippen molar-refractivity contribution in [2.75, 3.05) is 5.32 Å². The van der Waals surface area contributed by atoms with Crippen LogP contribution in [0.4, 0.5) is 5.69 Å². The van der Waals surface area contributed by atoms with Crippen LogP contribution in [-0.4, -0.2) is 20.7 Å². The summed E-state index contributed by atoms with van der Waals surface area (Å²) in [6.07, 6.45) is 3.41. The molecule has 0 aliphatic rings. The molecule has 2 heterocycles.